The summed E-state index contributed by atoms with van der Waals surface area (Å²) in [7, 11) is 1.83. The first kappa shape index (κ1) is 13.3. The van der Waals surface area contributed by atoms with Crippen LogP contribution in [0.25, 0.3) is 0 Å². The molecule has 1 aromatic heterocycles. The summed E-state index contributed by atoms with van der Waals surface area (Å²) < 4.78 is 14.8. The summed E-state index contributed by atoms with van der Waals surface area (Å²) in [6.45, 7) is 3.77. The SMILES string of the molecule is Cc1nn(C)cc1C(C)NC(=O)c1cccc(F)c1. The van der Waals surface area contributed by atoms with E-state index in [9.17, 15) is 9.18 Å². The first-order valence-electron chi connectivity index (χ1n) is 6.04. The summed E-state index contributed by atoms with van der Waals surface area (Å²) in [5.41, 5.74) is 2.13. The lowest BCUT2D eigenvalue weighted by Crippen LogP contribution is -2.26. The van der Waals surface area contributed by atoms with Crippen LogP contribution in [0.1, 0.15) is 34.6 Å². The molecule has 0 saturated heterocycles. The number of aryl methyl sites for hydroxylation is 2. The molecule has 0 radical (unpaired) electrons. The van der Waals surface area contributed by atoms with E-state index in [1.807, 2.05) is 27.1 Å². The Hall–Kier alpha value is -2.17. The van der Waals surface area contributed by atoms with Crippen molar-refractivity contribution in [1.82, 2.24) is 15.1 Å². The van der Waals surface area contributed by atoms with Crippen LogP contribution >= 0.6 is 0 Å². The summed E-state index contributed by atoms with van der Waals surface area (Å²) in [5, 5.41) is 7.07. The van der Waals surface area contributed by atoms with Crippen molar-refractivity contribution < 1.29 is 9.18 Å². The lowest BCUT2D eigenvalue weighted by atomic mass is 10.1. The first-order valence-corrected chi connectivity index (χ1v) is 6.04. The quantitative estimate of drug-likeness (QED) is 0.922. The smallest absolute Gasteiger partial charge is 0.251 e. The Morgan fingerprint density at radius 3 is 2.79 bits per heavy atom. The molecular formula is C14H16FN3O. The lowest BCUT2D eigenvalue weighted by Gasteiger charge is -2.13. The van der Waals surface area contributed by atoms with Crippen LogP contribution in [0.5, 0.6) is 0 Å². The molecule has 2 aromatic rings. The number of hydrogen-bond donors (Lipinski definition) is 1. The maximum Gasteiger partial charge on any atom is 0.251 e. The number of hydrogen-bond acceptors (Lipinski definition) is 2. The highest BCUT2D eigenvalue weighted by atomic mass is 19.1. The van der Waals surface area contributed by atoms with E-state index < -0.39 is 5.82 Å². The Kier molecular flexibility index (Phi) is 3.64. The third kappa shape index (κ3) is 2.99. The van der Waals surface area contributed by atoms with Gasteiger partial charge in [-0.25, -0.2) is 4.39 Å². The molecule has 0 spiro atoms. The molecule has 0 saturated carbocycles. The van der Waals surface area contributed by atoms with Crippen LogP contribution in [0.3, 0.4) is 0 Å². The average Bonchev–Trinajstić information content (AvgIpc) is 2.68. The minimum absolute atomic E-state index is 0.176. The second kappa shape index (κ2) is 5.22. The molecule has 2 rings (SSSR count). The van der Waals surface area contributed by atoms with E-state index in [2.05, 4.69) is 10.4 Å². The van der Waals surface area contributed by atoms with Gasteiger partial charge < -0.3 is 5.32 Å². The maximum atomic E-state index is 13.1. The standard InChI is InChI=1S/C14H16FN3O/c1-9(13-8-18(3)17-10(13)2)16-14(19)11-5-4-6-12(15)7-11/h4-9H,1-3H3,(H,16,19). The predicted molar refractivity (Wildman–Crippen MR) is 70.2 cm³/mol. The fourth-order valence-electron chi connectivity index (χ4n) is 2.03. The molecule has 1 unspecified atom stereocenters. The Morgan fingerprint density at radius 1 is 1.47 bits per heavy atom. The first-order chi connectivity index (χ1) is 8.97. The van der Waals surface area contributed by atoms with Crippen LogP contribution in [0.4, 0.5) is 4.39 Å². The summed E-state index contributed by atoms with van der Waals surface area (Å²) >= 11 is 0. The molecule has 100 valence electrons. The Labute approximate surface area is 111 Å². The lowest BCUT2D eigenvalue weighted by molar-refractivity contribution is 0.0939. The highest BCUT2D eigenvalue weighted by Crippen LogP contribution is 2.16. The van der Waals surface area contributed by atoms with Crippen molar-refractivity contribution in [2.24, 2.45) is 7.05 Å². The van der Waals surface area contributed by atoms with Crippen molar-refractivity contribution in [3.63, 3.8) is 0 Å². The zero-order chi connectivity index (χ0) is 14.0. The van der Waals surface area contributed by atoms with Gasteiger partial charge in [0.15, 0.2) is 0 Å². The molecular weight excluding hydrogens is 245 g/mol. The van der Waals surface area contributed by atoms with E-state index >= 15 is 0 Å². The molecule has 1 amide bonds. The van der Waals surface area contributed by atoms with E-state index in [4.69, 9.17) is 0 Å². The van der Waals surface area contributed by atoms with E-state index in [1.54, 1.807) is 10.7 Å². The number of carbonyl (C=O) groups excluding carboxylic acids is 1. The van der Waals surface area contributed by atoms with Gasteiger partial charge in [-0.3, -0.25) is 9.48 Å². The second-order valence-corrected chi connectivity index (χ2v) is 4.55. The van der Waals surface area contributed by atoms with Gasteiger partial charge in [0, 0.05) is 24.4 Å². The van der Waals surface area contributed by atoms with Gasteiger partial charge >= 0.3 is 0 Å². The van der Waals surface area contributed by atoms with Gasteiger partial charge in [-0.15, -0.1) is 0 Å². The van der Waals surface area contributed by atoms with Gasteiger partial charge in [0.25, 0.3) is 5.91 Å². The van der Waals surface area contributed by atoms with Crippen molar-refractivity contribution in [2.45, 2.75) is 19.9 Å². The Bertz CT molecular complexity index is 606. The number of carbonyl (C=O) groups is 1. The van der Waals surface area contributed by atoms with E-state index in [0.717, 1.165) is 11.3 Å². The minimum atomic E-state index is -0.419. The van der Waals surface area contributed by atoms with Crippen molar-refractivity contribution in [1.29, 1.82) is 0 Å². The van der Waals surface area contributed by atoms with E-state index in [-0.39, 0.29) is 11.9 Å². The third-order valence-electron chi connectivity index (χ3n) is 2.95. The summed E-state index contributed by atoms with van der Waals surface area (Å²) in [4.78, 5) is 12.0. The molecule has 0 aliphatic rings. The summed E-state index contributed by atoms with van der Waals surface area (Å²) in [6, 6.07) is 5.46. The van der Waals surface area contributed by atoms with Crippen molar-refractivity contribution >= 4 is 5.91 Å². The monoisotopic (exact) mass is 261 g/mol. The maximum absolute atomic E-state index is 13.1. The highest BCUT2D eigenvalue weighted by Gasteiger charge is 2.15. The molecule has 1 heterocycles. The van der Waals surface area contributed by atoms with Crippen LogP contribution < -0.4 is 5.32 Å². The minimum Gasteiger partial charge on any atom is -0.345 e. The molecule has 19 heavy (non-hydrogen) atoms. The van der Waals surface area contributed by atoms with Crippen LogP contribution in [-0.2, 0) is 7.05 Å². The van der Waals surface area contributed by atoms with Crippen LogP contribution in [0.2, 0.25) is 0 Å². The molecule has 5 heteroatoms. The predicted octanol–water partition coefficient (Wildman–Crippen LogP) is 2.36. The number of nitrogens with one attached hydrogen (secondary N) is 1. The van der Waals surface area contributed by atoms with Gasteiger partial charge in [-0.05, 0) is 32.0 Å². The van der Waals surface area contributed by atoms with Crippen LogP contribution in [-0.4, -0.2) is 15.7 Å². The summed E-state index contributed by atoms with van der Waals surface area (Å²) in [5.74, 6) is -0.715. The van der Waals surface area contributed by atoms with Gasteiger partial charge in [0.1, 0.15) is 5.82 Å². The molecule has 0 fully saturated rings. The number of aromatic nitrogens is 2. The van der Waals surface area contributed by atoms with Crippen molar-refractivity contribution in [3.8, 4) is 0 Å². The third-order valence-corrected chi connectivity index (χ3v) is 2.95. The van der Waals surface area contributed by atoms with Crippen LogP contribution in [0, 0.1) is 12.7 Å². The van der Waals surface area contributed by atoms with Gasteiger partial charge in [-0.2, -0.15) is 5.10 Å². The Morgan fingerprint density at radius 2 is 2.21 bits per heavy atom. The van der Waals surface area contributed by atoms with E-state index in [1.165, 1.54) is 18.2 Å². The number of nitrogens with zero attached hydrogens (tertiary/aromatic N) is 2. The normalized spacial score (nSPS) is 12.2. The van der Waals surface area contributed by atoms with Gasteiger partial charge in [0.2, 0.25) is 0 Å². The topological polar surface area (TPSA) is 46.9 Å². The molecule has 0 aliphatic carbocycles. The fourth-order valence-corrected chi connectivity index (χ4v) is 2.03. The van der Waals surface area contributed by atoms with Crippen molar-refractivity contribution in [3.05, 3.63) is 53.1 Å². The Balaban J connectivity index is 2.13. The fraction of sp³-hybridized carbons (Fsp3) is 0.286. The zero-order valence-corrected chi connectivity index (χ0v) is 11.1. The molecule has 0 bridgehead atoms. The van der Waals surface area contributed by atoms with Gasteiger partial charge in [-0.1, -0.05) is 6.07 Å². The largest absolute Gasteiger partial charge is 0.345 e. The molecule has 1 atom stereocenters. The van der Waals surface area contributed by atoms with Crippen molar-refractivity contribution in [2.75, 3.05) is 0 Å². The number of rotatable bonds is 3. The molecule has 0 aliphatic heterocycles. The van der Waals surface area contributed by atoms with Crippen LogP contribution in [0.15, 0.2) is 30.5 Å². The average molecular weight is 261 g/mol. The number of amides is 1. The number of halogens is 1. The zero-order valence-electron chi connectivity index (χ0n) is 11.1. The molecule has 1 aromatic carbocycles. The second-order valence-electron chi connectivity index (χ2n) is 4.55. The molecule has 4 nitrogen and oxygen atoms in total. The highest BCUT2D eigenvalue weighted by molar-refractivity contribution is 5.94. The van der Waals surface area contributed by atoms with Gasteiger partial charge in [0.05, 0.1) is 11.7 Å². The van der Waals surface area contributed by atoms with E-state index in [0.29, 0.717) is 5.56 Å². The molecule has 1 N–H and O–H groups in total. The number of benzene rings is 1. The summed E-state index contributed by atoms with van der Waals surface area (Å²) in [6.07, 6.45) is 1.87.